The normalized spacial score (nSPS) is 10.7. The average molecular weight is 425 g/mol. The molecular weight excluding hydrogens is 412 g/mol. The maximum absolute atomic E-state index is 13.7. The topological polar surface area (TPSA) is 99.8 Å². The Hall–Kier alpha value is -2.20. The summed E-state index contributed by atoms with van der Waals surface area (Å²) in [6.07, 6.45) is 0. The van der Waals surface area contributed by atoms with Crippen molar-refractivity contribution in [2.75, 3.05) is 5.32 Å². The summed E-state index contributed by atoms with van der Waals surface area (Å²) >= 11 is 2.21. The molecule has 5 N–H and O–H groups in total. The van der Waals surface area contributed by atoms with Gasteiger partial charge in [0.15, 0.2) is 5.82 Å². The van der Waals surface area contributed by atoms with E-state index in [9.17, 15) is 9.50 Å². The summed E-state index contributed by atoms with van der Waals surface area (Å²) in [5.41, 5.74) is 8.55. The minimum atomic E-state index is -0.389. The van der Waals surface area contributed by atoms with E-state index in [2.05, 4.69) is 43.1 Å². The van der Waals surface area contributed by atoms with E-state index >= 15 is 0 Å². The van der Waals surface area contributed by atoms with Crippen molar-refractivity contribution in [2.24, 2.45) is 5.73 Å². The van der Waals surface area contributed by atoms with Gasteiger partial charge in [-0.1, -0.05) is 5.10 Å². The molecule has 8 heteroatoms. The number of benzene rings is 2. The Bertz CT molecular complexity index is 852. The number of halogens is 2. The highest BCUT2D eigenvalue weighted by Crippen LogP contribution is 2.31. The maximum atomic E-state index is 13.7. The molecule has 0 amide bonds. The number of aromatic amines is 1. The molecule has 3 aromatic rings. The number of hydrogen-bond donors (Lipinski definition) is 4. The molecule has 0 radical (unpaired) electrons. The first-order chi connectivity index (χ1) is 11.1. The van der Waals surface area contributed by atoms with E-state index < -0.39 is 0 Å². The van der Waals surface area contributed by atoms with E-state index in [0.29, 0.717) is 23.6 Å². The third-order valence-corrected chi connectivity index (χ3v) is 3.94. The Balaban J connectivity index is 2.04. The molecule has 2 aromatic carbocycles. The van der Waals surface area contributed by atoms with E-state index in [0.717, 1.165) is 14.8 Å². The molecule has 1 heterocycles. The van der Waals surface area contributed by atoms with Crippen molar-refractivity contribution in [1.82, 2.24) is 15.2 Å². The zero-order valence-electron chi connectivity index (χ0n) is 11.8. The first-order valence-corrected chi connectivity index (χ1v) is 7.82. The van der Waals surface area contributed by atoms with Crippen LogP contribution < -0.4 is 11.1 Å². The third kappa shape index (κ3) is 3.42. The molecule has 6 nitrogen and oxygen atoms in total. The second-order valence-electron chi connectivity index (χ2n) is 4.82. The lowest BCUT2D eigenvalue weighted by Crippen LogP contribution is -2.03. The summed E-state index contributed by atoms with van der Waals surface area (Å²) in [6, 6.07) is 9.71. The molecule has 0 spiro atoms. The second kappa shape index (κ2) is 6.50. The minimum absolute atomic E-state index is 0.299. The fraction of sp³-hybridized carbons (Fsp3) is 0.0667. The van der Waals surface area contributed by atoms with Gasteiger partial charge in [-0.05, 0) is 64.6 Å². The van der Waals surface area contributed by atoms with Crippen LogP contribution in [0.2, 0.25) is 0 Å². The van der Waals surface area contributed by atoms with Crippen LogP contribution in [0.4, 0.5) is 15.8 Å². The number of rotatable bonds is 4. The fourth-order valence-electron chi connectivity index (χ4n) is 2.20. The number of nitrogens with one attached hydrogen (secondary N) is 2. The van der Waals surface area contributed by atoms with Gasteiger partial charge in [0.25, 0.3) is 0 Å². The third-order valence-electron chi connectivity index (χ3n) is 3.27. The van der Waals surface area contributed by atoms with Crippen molar-refractivity contribution < 1.29 is 9.50 Å². The summed E-state index contributed by atoms with van der Waals surface area (Å²) in [4.78, 5) is 2.62. The van der Waals surface area contributed by atoms with Gasteiger partial charge in [0.05, 0.1) is 5.69 Å². The van der Waals surface area contributed by atoms with Crippen LogP contribution in [0, 0.1) is 9.39 Å². The van der Waals surface area contributed by atoms with E-state index in [1.807, 2.05) is 18.2 Å². The molecule has 0 atom stereocenters. The SMILES string of the molecule is NCc1cc(I)ccc1Nc1cc(F)ccc1-c1nnc(O)[nH]1. The number of aromatic hydroxyl groups is 1. The van der Waals surface area contributed by atoms with Crippen molar-refractivity contribution in [3.05, 3.63) is 51.3 Å². The summed E-state index contributed by atoms with van der Waals surface area (Å²) in [6.45, 7) is 0.354. The van der Waals surface area contributed by atoms with Crippen molar-refractivity contribution in [3.63, 3.8) is 0 Å². The lowest BCUT2D eigenvalue weighted by atomic mass is 10.1. The molecule has 0 unspecified atom stereocenters. The van der Waals surface area contributed by atoms with Gasteiger partial charge in [-0.25, -0.2) is 4.39 Å². The molecule has 0 aliphatic carbocycles. The molecule has 23 heavy (non-hydrogen) atoms. The van der Waals surface area contributed by atoms with Crippen LogP contribution in [-0.2, 0) is 6.54 Å². The number of hydrogen-bond acceptors (Lipinski definition) is 5. The van der Waals surface area contributed by atoms with Gasteiger partial charge in [0.1, 0.15) is 5.82 Å². The second-order valence-corrected chi connectivity index (χ2v) is 6.06. The molecule has 0 aliphatic heterocycles. The summed E-state index contributed by atoms with van der Waals surface area (Å²) in [5.74, 6) is -0.0513. The Morgan fingerprint density at radius 2 is 2.00 bits per heavy atom. The molecule has 1 aromatic heterocycles. The van der Waals surface area contributed by atoms with Gasteiger partial charge in [0, 0.05) is 21.4 Å². The van der Waals surface area contributed by atoms with E-state index in [4.69, 9.17) is 5.73 Å². The van der Waals surface area contributed by atoms with Crippen LogP contribution >= 0.6 is 22.6 Å². The first-order valence-electron chi connectivity index (χ1n) is 6.74. The molecule has 3 rings (SSSR count). The van der Waals surface area contributed by atoms with E-state index in [1.165, 1.54) is 12.1 Å². The van der Waals surface area contributed by atoms with E-state index in [-0.39, 0.29) is 11.8 Å². The molecular formula is C15H13FIN5O. The maximum Gasteiger partial charge on any atom is 0.311 e. The average Bonchev–Trinajstić information content (AvgIpc) is 2.95. The standard InChI is InChI=1S/C15H13FIN5O/c16-9-1-3-11(14-20-15(23)22-21-14)13(6-9)19-12-4-2-10(17)5-8(12)7-18/h1-6,19H,7,18H2,(H2,20,21,22,23). The highest BCUT2D eigenvalue weighted by molar-refractivity contribution is 14.1. The van der Waals surface area contributed by atoms with Gasteiger partial charge in [-0.15, -0.1) is 5.10 Å². The zero-order chi connectivity index (χ0) is 16.4. The summed E-state index contributed by atoms with van der Waals surface area (Å²) in [7, 11) is 0. The number of nitrogens with two attached hydrogens (primary N) is 1. The highest BCUT2D eigenvalue weighted by Gasteiger charge is 2.12. The Morgan fingerprint density at radius 3 is 2.70 bits per heavy atom. The van der Waals surface area contributed by atoms with Crippen LogP contribution in [0.5, 0.6) is 6.01 Å². The van der Waals surface area contributed by atoms with Crippen LogP contribution in [0.3, 0.4) is 0 Å². The van der Waals surface area contributed by atoms with Crippen LogP contribution in [0.1, 0.15) is 5.56 Å². The number of anilines is 2. The monoisotopic (exact) mass is 425 g/mol. The largest absolute Gasteiger partial charge is 0.479 e. The van der Waals surface area contributed by atoms with Crippen molar-refractivity contribution in [2.45, 2.75) is 6.54 Å². The lowest BCUT2D eigenvalue weighted by molar-refractivity contribution is 0.433. The smallest absolute Gasteiger partial charge is 0.311 e. The number of aromatic nitrogens is 3. The van der Waals surface area contributed by atoms with Crippen molar-refractivity contribution in [3.8, 4) is 17.4 Å². The van der Waals surface area contributed by atoms with Crippen LogP contribution in [0.25, 0.3) is 11.4 Å². The Labute approximate surface area is 145 Å². The van der Waals surface area contributed by atoms with Crippen molar-refractivity contribution >= 4 is 34.0 Å². The summed E-state index contributed by atoms with van der Waals surface area (Å²) < 4.78 is 14.7. The van der Waals surface area contributed by atoms with Gasteiger partial charge in [-0.3, -0.25) is 4.98 Å². The minimum Gasteiger partial charge on any atom is -0.479 e. The predicted molar refractivity (Wildman–Crippen MR) is 93.8 cm³/mol. The van der Waals surface area contributed by atoms with Gasteiger partial charge < -0.3 is 16.2 Å². The zero-order valence-corrected chi connectivity index (χ0v) is 14.0. The Morgan fingerprint density at radius 1 is 1.17 bits per heavy atom. The van der Waals surface area contributed by atoms with Gasteiger partial charge in [-0.2, -0.15) is 0 Å². The molecule has 0 aliphatic rings. The fourth-order valence-corrected chi connectivity index (χ4v) is 2.75. The van der Waals surface area contributed by atoms with Crippen LogP contribution in [0.15, 0.2) is 36.4 Å². The summed E-state index contributed by atoms with van der Waals surface area (Å²) in [5, 5.41) is 19.8. The predicted octanol–water partition coefficient (Wildman–Crippen LogP) is 3.12. The van der Waals surface area contributed by atoms with Gasteiger partial charge in [0.2, 0.25) is 0 Å². The highest BCUT2D eigenvalue weighted by atomic mass is 127. The van der Waals surface area contributed by atoms with Crippen LogP contribution in [-0.4, -0.2) is 20.3 Å². The lowest BCUT2D eigenvalue weighted by Gasteiger charge is -2.14. The quantitative estimate of drug-likeness (QED) is 0.482. The Kier molecular flexibility index (Phi) is 4.44. The number of nitrogens with zero attached hydrogens (tertiary/aromatic N) is 2. The number of H-pyrrole nitrogens is 1. The molecule has 0 saturated carbocycles. The molecule has 0 bridgehead atoms. The molecule has 0 fully saturated rings. The van der Waals surface area contributed by atoms with E-state index in [1.54, 1.807) is 6.07 Å². The molecule has 118 valence electrons. The van der Waals surface area contributed by atoms with Crippen molar-refractivity contribution in [1.29, 1.82) is 0 Å². The first kappa shape index (κ1) is 15.7. The molecule has 0 saturated heterocycles. The van der Waals surface area contributed by atoms with Gasteiger partial charge >= 0.3 is 6.01 Å².